The van der Waals surface area contributed by atoms with Gasteiger partial charge < -0.3 is 21.3 Å². The van der Waals surface area contributed by atoms with E-state index in [0.29, 0.717) is 13.1 Å². The molecule has 0 atom stereocenters. The molecular formula is C16H32N6. The highest BCUT2D eigenvalue weighted by Crippen LogP contribution is 2.01. The Labute approximate surface area is 134 Å². The average molecular weight is 308 g/mol. The Kier molecular flexibility index (Phi) is 9.74. The zero-order valence-corrected chi connectivity index (χ0v) is 14.4. The first-order valence-corrected chi connectivity index (χ1v) is 7.68. The summed E-state index contributed by atoms with van der Waals surface area (Å²) in [4.78, 5) is 3.70. The van der Waals surface area contributed by atoms with Gasteiger partial charge in [-0.15, -0.1) is 0 Å². The van der Waals surface area contributed by atoms with Crippen molar-refractivity contribution >= 4 is 11.9 Å². The van der Waals surface area contributed by atoms with E-state index in [9.17, 15) is 0 Å². The molecule has 0 spiro atoms. The highest BCUT2D eigenvalue weighted by Gasteiger charge is 2.07. The highest BCUT2D eigenvalue weighted by molar-refractivity contribution is 5.75. The third-order valence-corrected chi connectivity index (χ3v) is 3.23. The molecule has 0 aromatic rings. The van der Waals surface area contributed by atoms with E-state index in [-0.39, 0.29) is 11.9 Å². The Morgan fingerprint density at radius 2 is 1.09 bits per heavy atom. The van der Waals surface area contributed by atoms with Crippen LogP contribution < -0.4 is 11.5 Å². The van der Waals surface area contributed by atoms with Crippen LogP contribution in [0, 0.1) is 10.8 Å². The van der Waals surface area contributed by atoms with Gasteiger partial charge in [0.15, 0.2) is 11.9 Å². The number of hydrogen-bond acceptors (Lipinski definition) is 2. The van der Waals surface area contributed by atoms with Crippen molar-refractivity contribution in [1.29, 1.82) is 10.8 Å². The van der Waals surface area contributed by atoms with Gasteiger partial charge in [0.1, 0.15) is 0 Å². The van der Waals surface area contributed by atoms with Crippen molar-refractivity contribution in [2.75, 3.05) is 26.2 Å². The van der Waals surface area contributed by atoms with Gasteiger partial charge in [-0.25, -0.2) is 0 Å². The van der Waals surface area contributed by atoms with Gasteiger partial charge in [-0.05, 0) is 40.5 Å². The maximum atomic E-state index is 7.60. The van der Waals surface area contributed by atoms with E-state index >= 15 is 0 Å². The van der Waals surface area contributed by atoms with Gasteiger partial charge in [0.2, 0.25) is 0 Å². The third kappa shape index (κ3) is 9.85. The summed E-state index contributed by atoms with van der Waals surface area (Å²) >= 11 is 0. The molecule has 0 bridgehead atoms. The van der Waals surface area contributed by atoms with Crippen molar-refractivity contribution in [3.05, 3.63) is 23.3 Å². The normalized spacial score (nSPS) is 9.82. The monoisotopic (exact) mass is 308 g/mol. The van der Waals surface area contributed by atoms with Crippen molar-refractivity contribution in [2.24, 2.45) is 11.5 Å². The molecule has 0 unspecified atom stereocenters. The van der Waals surface area contributed by atoms with E-state index in [0.717, 1.165) is 25.9 Å². The fourth-order valence-corrected chi connectivity index (χ4v) is 1.81. The number of hydrogen-bond donors (Lipinski definition) is 4. The average Bonchev–Trinajstić information content (AvgIpc) is 2.39. The maximum absolute atomic E-state index is 7.60. The smallest absolute Gasteiger partial charge is 0.188 e. The van der Waals surface area contributed by atoms with Gasteiger partial charge in [0.25, 0.3) is 0 Å². The molecule has 0 aliphatic heterocycles. The molecule has 22 heavy (non-hydrogen) atoms. The van der Waals surface area contributed by atoms with Crippen molar-refractivity contribution < 1.29 is 0 Å². The van der Waals surface area contributed by atoms with Crippen LogP contribution in [0.25, 0.3) is 0 Å². The minimum absolute atomic E-state index is 0.102. The molecular weight excluding hydrogens is 276 g/mol. The minimum Gasteiger partial charge on any atom is -0.370 e. The predicted molar refractivity (Wildman–Crippen MR) is 95.1 cm³/mol. The molecule has 0 saturated carbocycles. The van der Waals surface area contributed by atoms with Crippen molar-refractivity contribution in [3.8, 4) is 0 Å². The number of nitrogens with two attached hydrogens (primary N) is 2. The van der Waals surface area contributed by atoms with Crippen LogP contribution in [0.4, 0.5) is 0 Å². The first-order chi connectivity index (χ1) is 10.2. The van der Waals surface area contributed by atoms with Crippen LogP contribution in [0.2, 0.25) is 0 Å². The van der Waals surface area contributed by atoms with Gasteiger partial charge in [-0.2, -0.15) is 0 Å². The molecule has 0 fully saturated rings. The molecule has 0 radical (unpaired) electrons. The molecule has 0 saturated heterocycles. The molecule has 0 rings (SSSR count). The van der Waals surface area contributed by atoms with Crippen molar-refractivity contribution in [3.63, 3.8) is 0 Å². The number of nitrogens with zero attached hydrogens (tertiary/aromatic N) is 2. The van der Waals surface area contributed by atoms with Crippen LogP contribution in [-0.4, -0.2) is 47.9 Å². The second-order valence-corrected chi connectivity index (χ2v) is 5.93. The van der Waals surface area contributed by atoms with Crippen molar-refractivity contribution in [1.82, 2.24) is 9.80 Å². The van der Waals surface area contributed by atoms with Gasteiger partial charge in [-0.3, -0.25) is 10.8 Å². The minimum atomic E-state index is 0.102. The van der Waals surface area contributed by atoms with Crippen LogP contribution in [0.1, 0.15) is 40.5 Å². The van der Waals surface area contributed by atoms with E-state index < -0.39 is 0 Å². The molecule has 0 amide bonds. The second-order valence-electron chi connectivity index (χ2n) is 5.93. The zero-order valence-electron chi connectivity index (χ0n) is 14.4. The summed E-state index contributed by atoms with van der Waals surface area (Å²) in [6, 6.07) is 0. The highest BCUT2D eigenvalue weighted by atomic mass is 15.2. The number of allylic oxidation sites excluding steroid dienone is 2. The van der Waals surface area contributed by atoms with Gasteiger partial charge in [0.05, 0.1) is 0 Å². The fourth-order valence-electron chi connectivity index (χ4n) is 1.81. The Morgan fingerprint density at radius 3 is 1.32 bits per heavy atom. The standard InChI is InChI=1S/C16H32N6/c1-13(2)7-11-21(15(17)18)9-5-6-10-22(16(19)20)12-8-14(3)4/h7-8H,5-6,9-12H2,1-4H3,(H3,17,18)(H3,19,20). The van der Waals surface area contributed by atoms with E-state index in [2.05, 4.69) is 12.2 Å². The summed E-state index contributed by atoms with van der Waals surface area (Å²) in [5, 5.41) is 15.2. The van der Waals surface area contributed by atoms with Crippen molar-refractivity contribution in [2.45, 2.75) is 40.5 Å². The first-order valence-electron chi connectivity index (χ1n) is 7.68. The van der Waals surface area contributed by atoms with E-state index in [1.165, 1.54) is 11.1 Å². The molecule has 6 nitrogen and oxygen atoms in total. The first kappa shape index (κ1) is 20.0. The SMILES string of the molecule is CC(C)=CCN(CCCCN(CC=C(C)C)C(=N)N)C(=N)N. The summed E-state index contributed by atoms with van der Waals surface area (Å²) in [5.41, 5.74) is 13.6. The Balaban J connectivity index is 4.24. The molecule has 6 N–H and O–H groups in total. The summed E-state index contributed by atoms with van der Waals surface area (Å²) in [6.07, 6.45) is 5.96. The Bertz CT molecular complexity index is 376. The molecule has 0 aromatic carbocycles. The Hall–Kier alpha value is -1.98. The predicted octanol–water partition coefficient (Wildman–Crippen LogP) is 2.09. The van der Waals surface area contributed by atoms with Crippen LogP contribution >= 0.6 is 0 Å². The lowest BCUT2D eigenvalue weighted by atomic mass is 10.2. The molecule has 0 heterocycles. The van der Waals surface area contributed by atoms with Crippen LogP contribution in [-0.2, 0) is 0 Å². The summed E-state index contributed by atoms with van der Waals surface area (Å²) in [6.45, 7) is 11.0. The zero-order chi connectivity index (χ0) is 17.1. The fraction of sp³-hybridized carbons (Fsp3) is 0.625. The molecule has 6 heteroatoms. The van der Waals surface area contributed by atoms with Crippen LogP contribution in [0.3, 0.4) is 0 Å². The lowest BCUT2D eigenvalue weighted by Crippen LogP contribution is -2.39. The largest absolute Gasteiger partial charge is 0.370 e. The van der Waals surface area contributed by atoms with Crippen LogP contribution in [0.5, 0.6) is 0 Å². The van der Waals surface area contributed by atoms with Gasteiger partial charge in [-0.1, -0.05) is 23.3 Å². The summed E-state index contributed by atoms with van der Waals surface area (Å²) in [7, 11) is 0. The Morgan fingerprint density at radius 1 is 0.773 bits per heavy atom. The number of guanidine groups is 2. The third-order valence-electron chi connectivity index (χ3n) is 3.23. The van der Waals surface area contributed by atoms with E-state index in [4.69, 9.17) is 22.3 Å². The second kappa shape index (κ2) is 10.7. The lowest BCUT2D eigenvalue weighted by molar-refractivity contribution is 0.392. The van der Waals surface area contributed by atoms with Gasteiger partial charge in [0, 0.05) is 26.2 Å². The lowest BCUT2D eigenvalue weighted by Gasteiger charge is -2.24. The topological polar surface area (TPSA) is 106 Å². The molecule has 0 aromatic heterocycles. The number of unbranched alkanes of at least 4 members (excludes halogenated alkanes) is 1. The number of rotatable bonds is 9. The summed E-state index contributed by atoms with van der Waals surface area (Å²) in [5.74, 6) is 0.205. The number of nitrogens with one attached hydrogen (secondary N) is 2. The molecule has 0 aliphatic carbocycles. The molecule has 0 aliphatic rings. The maximum Gasteiger partial charge on any atom is 0.188 e. The van der Waals surface area contributed by atoms with Crippen LogP contribution in [0.15, 0.2) is 23.3 Å². The van der Waals surface area contributed by atoms with Gasteiger partial charge >= 0.3 is 0 Å². The molecule has 126 valence electrons. The van der Waals surface area contributed by atoms with E-state index in [1.807, 2.05) is 37.5 Å². The van der Waals surface area contributed by atoms with E-state index in [1.54, 1.807) is 0 Å². The summed E-state index contributed by atoms with van der Waals surface area (Å²) < 4.78 is 0. The quantitative estimate of drug-likeness (QED) is 0.226.